The summed E-state index contributed by atoms with van der Waals surface area (Å²) < 4.78 is 107. The standard InChI is InChI=1S/C42H23F4NO4P2/c43-24-9-13-35-39(17-24)52(48,40-18-25(44)10-14-36(40)50-35)29-21-28(47-33-7-3-1-5-31(33)32-6-2-4-8-34(32)47)22-30(23-29)53(49)41-19-26(45)11-15-37(41)51-38-16-12-27(46)20-42(38)53/h1-23H. The quantitative estimate of drug-likeness (QED) is 0.134. The summed E-state index contributed by atoms with van der Waals surface area (Å²) in [5.41, 5.74) is 1.94. The van der Waals surface area contributed by atoms with Crippen LogP contribution in [0, 0.1) is 23.3 Å². The lowest BCUT2D eigenvalue weighted by molar-refractivity contribution is 0.481. The average molecular weight is 744 g/mol. The minimum Gasteiger partial charge on any atom is -0.456 e. The molecule has 10 rings (SSSR count). The molecule has 5 nitrogen and oxygen atoms in total. The predicted molar refractivity (Wildman–Crippen MR) is 200 cm³/mol. The zero-order chi connectivity index (χ0) is 36.2. The first-order valence-electron chi connectivity index (χ1n) is 16.5. The molecule has 11 heteroatoms. The predicted octanol–water partition coefficient (Wildman–Crippen LogP) is 8.83. The average Bonchev–Trinajstić information content (AvgIpc) is 3.50. The maximum atomic E-state index is 16.1. The number of benzene rings is 7. The number of aromatic nitrogens is 1. The Bertz CT molecular complexity index is 2690. The largest absolute Gasteiger partial charge is 0.456 e. The third-order valence-corrected chi connectivity index (χ3v) is 16.0. The first kappa shape index (κ1) is 31.8. The summed E-state index contributed by atoms with van der Waals surface area (Å²) in [5.74, 6) is -2.36. The number of ether oxygens (including phenoxy) is 2. The number of fused-ring (bicyclic) bond motifs is 7. The third-order valence-electron chi connectivity index (χ3n) is 9.93. The van der Waals surface area contributed by atoms with Crippen LogP contribution in [0.15, 0.2) is 140 Å². The Balaban J connectivity index is 1.38. The highest BCUT2D eigenvalue weighted by Crippen LogP contribution is 2.55. The van der Waals surface area contributed by atoms with Crippen molar-refractivity contribution in [2.45, 2.75) is 0 Å². The normalized spacial score (nSPS) is 14.8. The van der Waals surface area contributed by atoms with Gasteiger partial charge in [-0.05, 0) is 103 Å². The van der Waals surface area contributed by atoms with Gasteiger partial charge in [-0.3, -0.25) is 0 Å². The van der Waals surface area contributed by atoms with Crippen LogP contribution in [0.5, 0.6) is 23.0 Å². The fourth-order valence-electron chi connectivity index (χ4n) is 7.62. The molecule has 53 heavy (non-hydrogen) atoms. The molecule has 0 N–H and O–H groups in total. The Morgan fingerprint density at radius 1 is 0.415 bits per heavy atom. The molecule has 2 aliphatic rings. The highest BCUT2D eigenvalue weighted by atomic mass is 31.2. The molecule has 8 aromatic rings. The highest BCUT2D eigenvalue weighted by molar-refractivity contribution is 7.87. The number of rotatable bonds is 3. The second-order valence-electron chi connectivity index (χ2n) is 12.9. The minimum atomic E-state index is -4.26. The van der Waals surface area contributed by atoms with Crippen LogP contribution in [0.2, 0.25) is 0 Å². The lowest BCUT2D eigenvalue weighted by atomic mass is 10.2. The molecule has 0 amide bonds. The fourth-order valence-corrected chi connectivity index (χ4v) is 13.6. The lowest BCUT2D eigenvalue weighted by Crippen LogP contribution is -2.35. The van der Waals surface area contributed by atoms with Crippen molar-refractivity contribution in [3.8, 4) is 28.7 Å². The first-order valence-corrected chi connectivity index (χ1v) is 20.0. The van der Waals surface area contributed by atoms with Crippen molar-refractivity contribution in [3.05, 3.63) is 163 Å². The van der Waals surface area contributed by atoms with E-state index in [4.69, 9.17) is 9.47 Å². The Hall–Kier alpha value is -5.88. The zero-order valence-electron chi connectivity index (χ0n) is 27.3. The van der Waals surface area contributed by atoms with E-state index in [1.54, 1.807) is 12.1 Å². The molecule has 0 saturated carbocycles. The van der Waals surface area contributed by atoms with Crippen molar-refractivity contribution >= 4 is 67.9 Å². The molecular formula is C42H23F4NO4P2. The summed E-state index contributed by atoms with van der Waals surface area (Å²) >= 11 is 0. The van der Waals surface area contributed by atoms with Crippen molar-refractivity contribution < 1.29 is 36.2 Å². The first-order chi connectivity index (χ1) is 25.6. The van der Waals surface area contributed by atoms with E-state index in [-0.39, 0.29) is 54.8 Å². The molecule has 2 aliphatic heterocycles. The smallest absolute Gasteiger partial charge is 0.178 e. The van der Waals surface area contributed by atoms with Crippen LogP contribution in [0.3, 0.4) is 0 Å². The second-order valence-corrected chi connectivity index (χ2v) is 18.3. The van der Waals surface area contributed by atoms with Gasteiger partial charge in [0, 0.05) is 27.1 Å². The number of nitrogens with zero attached hydrogens (tertiary/aromatic N) is 1. The van der Waals surface area contributed by atoms with E-state index in [9.17, 15) is 0 Å². The van der Waals surface area contributed by atoms with Gasteiger partial charge in [0.1, 0.15) is 46.3 Å². The monoisotopic (exact) mass is 743 g/mol. The minimum absolute atomic E-state index is 0.0240. The molecule has 1 aromatic heterocycles. The second kappa shape index (κ2) is 11.3. The fraction of sp³-hybridized carbons (Fsp3) is 0. The van der Waals surface area contributed by atoms with Gasteiger partial charge >= 0.3 is 0 Å². The summed E-state index contributed by atoms with van der Waals surface area (Å²) in [6.07, 6.45) is 0. The van der Waals surface area contributed by atoms with E-state index in [1.165, 1.54) is 54.6 Å². The molecule has 0 bridgehead atoms. The van der Waals surface area contributed by atoms with Crippen LogP contribution in [0.25, 0.3) is 27.5 Å². The molecule has 0 fully saturated rings. The molecule has 0 unspecified atom stereocenters. The molecule has 0 radical (unpaired) electrons. The topological polar surface area (TPSA) is 57.5 Å². The maximum Gasteiger partial charge on any atom is 0.178 e. The maximum absolute atomic E-state index is 16.1. The van der Waals surface area contributed by atoms with Gasteiger partial charge in [0.2, 0.25) is 0 Å². The molecule has 0 aliphatic carbocycles. The van der Waals surface area contributed by atoms with Gasteiger partial charge in [-0.25, -0.2) is 17.6 Å². The highest BCUT2D eigenvalue weighted by Gasteiger charge is 2.44. The van der Waals surface area contributed by atoms with Crippen LogP contribution in [-0.2, 0) is 9.13 Å². The molecular weight excluding hydrogens is 720 g/mol. The van der Waals surface area contributed by atoms with Crippen molar-refractivity contribution in [2.75, 3.05) is 0 Å². The Morgan fingerprint density at radius 2 is 0.755 bits per heavy atom. The van der Waals surface area contributed by atoms with Crippen LogP contribution >= 0.6 is 14.3 Å². The number of halogens is 4. The van der Waals surface area contributed by atoms with Gasteiger partial charge in [-0.15, -0.1) is 0 Å². The SMILES string of the molecule is O=P1(c2cc(-n3c4ccccc4c4ccccc43)cc(P3(=O)c4cc(F)ccc4Oc4ccc(F)cc43)c2)c2cc(F)ccc2Oc2ccc(F)cc21. The molecule has 0 saturated heterocycles. The van der Waals surface area contributed by atoms with E-state index in [0.29, 0.717) is 5.69 Å². The Labute approximate surface area is 299 Å². The third kappa shape index (κ3) is 4.57. The molecule has 0 spiro atoms. The van der Waals surface area contributed by atoms with Crippen LogP contribution in [0.1, 0.15) is 0 Å². The van der Waals surface area contributed by atoms with Crippen LogP contribution in [0.4, 0.5) is 17.6 Å². The molecule has 3 heterocycles. The molecule has 0 atom stereocenters. The van der Waals surface area contributed by atoms with E-state index in [0.717, 1.165) is 46.1 Å². The summed E-state index contributed by atoms with van der Waals surface area (Å²) in [4.78, 5) is 0. The van der Waals surface area contributed by atoms with E-state index >= 15 is 26.7 Å². The summed E-state index contributed by atoms with van der Waals surface area (Å²) in [6, 6.07) is 34.7. The zero-order valence-corrected chi connectivity index (χ0v) is 29.1. The van der Waals surface area contributed by atoms with Crippen molar-refractivity contribution in [1.29, 1.82) is 0 Å². The summed E-state index contributed by atoms with van der Waals surface area (Å²) in [5, 5.41) is 1.87. The Kier molecular flexibility index (Phi) is 6.79. The van der Waals surface area contributed by atoms with Gasteiger partial charge in [0.05, 0.1) is 32.3 Å². The van der Waals surface area contributed by atoms with E-state index in [1.807, 2.05) is 53.1 Å². The van der Waals surface area contributed by atoms with E-state index in [2.05, 4.69) is 0 Å². The summed E-state index contributed by atoms with van der Waals surface area (Å²) in [7, 11) is -8.53. The van der Waals surface area contributed by atoms with Gasteiger partial charge in [0.25, 0.3) is 0 Å². The van der Waals surface area contributed by atoms with Gasteiger partial charge in [-0.2, -0.15) is 0 Å². The van der Waals surface area contributed by atoms with Gasteiger partial charge < -0.3 is 23.2 Å². The molecule has 258 valence electrons. The van der Waals surface area contributed by atoms with Crippen molar-refractivity contribution in [1.82, 2.24) is 4.57 Å². The Morgan fingerprint density at radius 3 is 1.11 bits per heavy atom. The number of hydrogen-bond donors (Lipinski definition) is 0. The summed E-state index contributed by atoms with van der Waals surface area (Å²) in [6.45, 7) is 0. The van der Waals surface area contributed by atoms with Gasteiger partial charge in [0.15, 0.2) is 14.3 Å². The molecule has 7 aromatic carbocycles. The number of hydrogen-bond acceptors (Lipinski definition) is 4. The van der Waals surface area contributed by atoms with Crippen LogP contribution < -0.4 is 41.3 Å². The van der Waals surface area contributed by atoms with Crippen molar-refractivity contribution in [2.24, 2.45) is 0 Å². The number of para-hydroxylation sites is 2. The van der Waals surface area contributed by atoms with Gasteiger partial charge in [-0.1, -0.05) is 36.4 Å². The van der Waals surface area contributed by atoms with Crippen LogP contribution in [-0.4, -0.2) is 4.57 Å². The van der Waals surface area contributed by atoms with Crippen molar-refractivity contribution in [3.63, 3.8) is 0 Å². The lowest BCUT2D eigenvalue weighted by Gasteiger charge is -2.32. The van der Waals surface area contributed by atoms with E-state index < -0.39 is 37.6 Å².